The summed E-state index contributed by atoms with van der Waals surface area (Å²) in [6.07, 6.45) is 0. The van der Waals surface area contributed by atoms with Crippen LogP contribution in [0.5, 0.6) is 11.5 Å². The maximum atomic E-state index is 13.0. The summed E-state index contributed by atoms with van der Waals surface area (Å²) in [6.45, 7) is 5.13. The molecule has 8 heteroatoms. The molecule has 0 radical (unpaired) electrons. The van der Waals surface area contributed by atoms with Gasteiger partial charge in [0.15, 0.2) is 0 Å². The summed E-state index contributed by atoms with van der Waals surface area (Å²) in [5.41, 5.74) is 1.53. The second kappa shape index (κ2) is 8.91. The molecule has 1 aliphatic heterocycles. The van der Waals surface area contributed by atoms with E-state index in [2.05, 4.69) is 23.9 Å². The lowest BCUT2D eigenvalue weighted by atomic mass is 9.92. The Bertz CT molecular complexity index is 963. The average Bonchev–Trinajstić information content (AvgIpc) is 2.91. The second-order valence-electron chi connectivity index (χ2n) is 7.94. The minimum atomic E-state index is -2.94. The highest BCUT2D eigenvalue weighted by Gasteiger charge is 2.48. The first-order chi connectivity index (χ1) is 14.6. The van der Waals surface area contributed by atoms with Crippen molar-refractivity contribution in [3.05, 3.63) is 59.2 Å². The van der Waals surface area contributed by atoms with Gasteiger partial charge in [-0.2, -0.15) is 8.78 Å². The van der Waals surface area contributed by atoms with Crippen molar-refractivity contribution in [2.45, 2.75) is 45.8 Å². The van der Waals surface area contributed by atoms with Crippen LogP contribution in [-0.4, -0.2) is 36.6 Å². The first-order valence-corrected chi connectivity index (χ1v) is 10.0. The van der Waals surface area contributed by atoms with Crippen molar-refractivity contribution in [1.82, 2.24) is 10.2 Å². The predicted molar refractivity (Wildman–Crippen MR) is 111 cm³/mol. The molecular formula is C23H26F2N2O4. The number of nitrogens with zero attached hydrogens (tertiary/aromatic N) is 1. The summed E-state index contributed by atoms with van der Waals surface area (Å²) in [7, 11) is 0. The average molecular weight is 432 g/mol. The Balaban J connectivity index is 1.64. The summed E-state index contributed by atoms with van der Waals surface area (Å²) in [4.78, 5) is 26.5. The van der Waals surface area contributed by atoms with Gasteiger partial charge < -0.3 is 14.8 Å². The molecule has 2 aromatic carbocycles. The normalized spacial score (nSPS) is 18.6. The fourth-order valence-electron chi connectivity index (χ4n) is 3.71. The molecule has 1 saturated heterocycles. The number of alkyl halides is 2. The number of halogens is 2. The number of aryl methyl sites for hydroxylation is 1. The van der Waals surface area contributed by atoms with Gasteiger partial charge in [0.1, 0.15) is 23.6 Å². The monoisotopic (exact) mass is 432 g/mol. The van der Waals surface area contributed by atoms with Gasteiger partial charge in [-0.15, -0.1) is 0 Å². The Hall–Kier alpha value is -3.16. The van der Waals surface area contributed by atoms with Crippen LogP contribution >= 0.6 is 0 Å². The molecule has 31 heavy (non-hydrogen) atoms. The van der Waals surface area contributed by atoms with Gasteiger partial charge in [-0.3, -0.25) is 9.69 Å². The maximum Gasteiger partial charge on any atom is 0.387 e. The second-order valence-corrected chi connectivity index (χ2v) is 7.94. The molecule has 1 aliphatic rings. The number of benzene rings is 2. The zero-order valence-electron chi connectivity index (χ0n) is 17.9. The van der Waals surface area contributed by atoms with Crippen molar-refractivity contribution in [3.8, 4) is 11.5 Å². The van der Waals surface area contributed by atoms with Crippen LogP contribution in [0.1, 0.15) is 43.4 Å². The van der Waals surface area contributed by atoms with Gasteiger partial charge in [0.05, 0.1) is 6.54 Å². The molecule has 0 saturated carbocycles. The van der Waals surface area contributed by atoms with Crippen LogP contribution in [-0.2, 0) is 10.3 Å². The number of hydrogen-bond donors (Lipinski definition) is 1. The standard InChI is InChI=1S/C23H26F2N2O4/c1-14(2)19-10-9-18(13-15(19)3)30-12-11-27-20(28)23(4,26-22(27)29)16-5-7-17(8-6-16)31-21(24)25/h5-10,13-14,21H,11-12H2,1-4H3,(H,26,29). The SMILES string of the molecule is Cc1cc(OCCN2C(=O)NC(C)(c3ccc(OC(F)F)cc3)C2=O)ccc1C(C)C. The van der Waals surface area contributed by atoms with E-state index in [0.29, 0.717) is 17.2 Å². The molecule has 1 fully saturated rings. The van der Waals surface area contributed by atoms with Gasteiger partial charge in [0.2, 0.25) is 0 Å². The van der Waals surface area contributed by atoms with Crippen LogP contribution in [0.2, 0.25) is 0 Å². The third-order valence-electron chi connectivity index (χ3n) is 5.38. The van der Waals surface area contributed by atoms with Crippen LogP contribution in [0, 0.1) is 6.92 Å². The zero-order chi connectivity index (χ0) is 22.8. The number of nitrogens with one attached hydrogen (secondary N) is 1. The first-order valence-electron chi connectivity index (χ1n) is 10.0. The molecule has 0 aliphatic carbocycles. The molecular weight excluding hydrogens is 406 g/mol. The van der Waals surface area contributed by atoms with Gasteiger partial charge in [0.25, 0.3) is 5.91 Å². The van der Waals surface area contributed by atoms with Crippen LogP contribution in [0.4, 0.5) is 13.6 Å². The number of imide groups is 1. The Morgan fingerprint density at radius 2 is 1.71 bits per heavy atom. The van der Waals surface area contributed by atoms with E-state index >= 15 is 0 Å². The van der Waals surface area contributed by atoms with Crippen LogP contribution < -0.4 is 14.8 Å². The van der Waals surface area contributed by atoms with E-state index in [0.717, 1.165) is 10.5 Å². The van der Waals surface area contributed by atoms with Crippen molar-refractivity contribution in [1.29, 1.82) is 0 Å². The van der Waals surface area contributed by atoms with Crippen LogP contribution in [0.25, 0.3) is 0 Å². The van der Waals surface area contributed by atoms with E-state index in [1.807, 2.05) is 25.1 Å². The molecule has 1 unspecified atom stereocenters. The number of amides is 3. The fourth-order valence-corrected chi connectivity index (χ4v) is 3.71. The smallest absolute Gasteiger partial charge is 0.387 e. The van der Waals surface area contributed by atoms with Crippen molar-refractivity contribution in [3.63, 3.8) is 0 Å². The number of ether oxygens (including phenoxy) is 2. The Morgan fingerprint density at radius 3 is 2.29 bits per heavy atom. The quantitative estimate of drug-likeness (QED) is 0.621. The third kappa shape index (κ3) is 4.78. The highest BCUT2D eigenvalue weighted by atomic mass is 19.3. The topological polar surface area (TPSA) is 67.9 Å². The highest BCUT2D eigenvalue weighted by molar-refractivity contribution is 6.07. The highest BCUT2D eigenvalue weighted by Crippen LogP contribution is 2.30. The summed E-state index contributed by atoms with van der Waals surface area (Å²) in [5, 5.41) is 2.68. The van der Waals surface area contributed by atoms with Gasteiger partial charge in [-0.1, -0.05) is 32.0 Å². The minimum Gasteiger partial charge on any atom is -0.492 e. The number of urea groups is 1. The van der Waals surface area contributed by atoms with Crippen LogP contribution in [0.3, 0.4) is 0 Å². The molecule has 1 atom stereocenters. The lowest BCUT2D eigenvalue weighted by Crippen LogP contribution is -2.41. The van der Waals surface area contributed by atoms with Crippen molar-refractivity contribution in [2.75, 3.05) is 13.2 Å². The summed E-state index contributed by atoms with van der Waals surface area (Å²) >= 11 is 0. The number of rotatable bonds is 8. The minimum absolute atomic E-state index is 0.0249. The van der Waals surface area contributed by atoms with Crippen molar-refractivity contribution < 1.29 is 27.8 Å². The van der Waals surface area contributed by atoms with Crippen molar-refractivity contribution >= 4 is 11.9 Å². The maximum absolute atomic E-state index is 13.0. The number of hydrogen-bond acceptors (Lipinski definition) is 4. The molecule has 3 rings (SSSR count). The summed E-state index contributed by atoms with van der Waals surface area (Å²) in [5.74, 6) is 0.623. The largest absolute Gasteiger partial charge is 0.492 e. The van der Waals surface area contributed by atoms with E-state index in [1.54, 1.807) is 6.92 Å². The van der Waals surface area contributed by atoms with Gasteiger partial charge in [0, 0.05) is 0 Å². The Labute approximate surface area is 180 Å². The van der Waals surface area contributed by atoms with E-state index in [-0.39, 0.29) is 18.9 Å². The molecule has 6 nitrogen and oxygen atoms in total. The summed E-state index contributed by atoms with van der Waals surface area (Å²) < 4.78 is 34.7. The van der Waals surface area contributed by atoms with Gasteiger partial charge in [-0.05, 0) is 60.7 Å². The van der Waals surface area contributed by atoms with E-state index in [9.17, 15) is 18.4 Å². The zero-order valence-corrected chi connectivity index (χ0v) is 17.9. The Morgan fingerprint density at radius 1 is 1.06 bits per heavy atom. The van der Waals surface area contributed by atoms with Crippen molar-refractivity contribution in [2.24, 2.45) is 0 Å². The molecule has 0 aromatic heterocycles. The fraction of sp³-hybridized carbons (Fsp3) is 0.391. The van der Waals surface area contributed by atoms with Crippen LogP contribution in [0.15, 0.2) is 42.5 Å². The Kier molecular flexibility index (Phi) is 6.48. The van der Waals surface area contributed by atoms with Gasteiger partial charge in [-0.25, -0.2) is 4.79 Å². The third-order valence-corrected chi connectivity index (χ3v) is 5.38. The van der Waals surface area contributed by atoms with Gasteiger partial charge >= 0.3 is 12.6 Å². The molecule has 166 valence electrons. The molecule has 3 amide bonds. The number of carbonyl (C=O) groups is 2. The number of carbonyl (C=O) groups excluding carboxylic acids is 2. The first kappa shape index (κ1) is 22.5. The van der Waals surface area contributed by atoms with E-state index < -0.39 is 24.1 Å². The molecule has 0 spiro atoms. The lowest BCUT2D eigenvalue weighted by molar-refractivity contribution is -0.131. The summed E-state index contributed by atoms with van der Waals surface area (Å²) in [6, 6.07) is 10.9. The molecule has 0 bridgehead atoms. The molecule has 1 heterocycles. The van der Waals surface area contributed by atoms with E-state index in [1.165, 1.54) is 29.8 Å². The molecule has 2 aromatic rings. The predicted octanol–water partition coefficient (Wildman–Crippen LogP) is 4.57. The molecule has 1 N–H and O–H groups in total. The van der Waals surface area contributed by atoms with E-state index in [4.69, 9.17) is 4.74 Å². The lowest BCUT2D eigenvalue weighted by Gasteiger charge is -2.22.